The van der Waals surface area contributed by atoms with Crippen LogP contribution in [-0.2, 0) is 9.53 Å². The number of hydrogen-bond donors (Lipinski definition) is 0. The number of rotatable bonds is 6. The van der Waals surface area contributed by atoms with Gasteiger partial charge in [-0.1, -0.05) is 41.4 Å². The van der Waals surface area contributed by atoms with E-state index in [1.54, 1.807) is 30.3 Å². The van der Waals surface area contributed by atoms with E-state index in [9.17, 15) is 14.0 Å². The third kappa shape index (κ3) is 4.94. The molecule has 0 heterocycles. The molecule has 0 unspecified atom stereocenters. The summed E-state index contributed by atoms with van der Waals surface area (Å²) in [6, 6.07) is 12.6. The molecule has 0 radical (unpaired) electrons. The molecule has 0 aliphatic rings. The van der Waals surface area contributed by atoms with E-state index in [1.165, 1.54) is 4.90 Å². The number of benzene rings is 2. The van der Waals surface area contributed by atoms with E-state index in [0.29, 0.717) is 5.69 Å². The van der Waals surface area contributed by atoms with Gasteiger partial charge >= 0.3 is 5.97 Å². The third-order valence-electron chi connectivity index (χ3n) is 3.37. The van der Waals surface area contributed by atoms with Gasteiger partial charge in [-0.05, 0) is 24.3 Å². The Hall–Kier alpha value is -2.62. The van der Waals surface area contributed by atoms with Gasteiger partial charge in [-0.25, -0.2) is 9.18 Å². The smallest absolute Gasteiger partial charge is 0.340 e. The van der Waals surface area contributed by atoms with Gasteiger partial charge in [-0.2, -0.15) is 5.26 Å². The van der Waals surface area contributed by atoms with E-state index in [0.717, 1.165) is 12.1 Å². The van der Waals surface area contributed by atoms with Gasteiger partial charge in [0, 0.05) is 12.2 Å². The normalized spacial score (nSPS) is 10.1. The molecule has 134 valence electrons. The number of halogens is 3. The highest BCUT2D eigenvalue weighted by atomic mass is 35.5. The summed E-state index contributed by atoms with van der Waals surface area (Å²) >= 11 is 11.4. The van der Waals surface area contributed by atoms with Crippen molar-refractivity contribution in [1.29, 1.82) is 5.26 Å². The number of nitriles is 1. The second-order valence-corrected chi connectivity index (χ2v) is 5.93. The second kappa shape index (κ2) is 9.18. The Morgan fingerprint density at radius 1 is 1.15 bits per heavy atom. The predicted octanol–water partition coefficient (Wildman–Crippen LogP) is 4.24. The number of carbonyl (C=O) groups excluding carboxylic acids is 2. The Kier molecular flexibility index (Phi) is 6.96. The van der Waals surface area contributed by atoms with E-state index in [1.807, 2.05) is 6.07 Å². The number of nitrogens with zero attached hydrogens (tertiary/aromatic N) is 2. The average Bonchev–Trinajstić information content (AvgIpc) is 2.64. The number of para-hydroxylation sites is 1. The Morgan fingerprint density at radius 3 is 2.50 bits per heavy atom. The second-order valence-electron chi connectivity index (χ2n) is 5.11. The Morgan fingerprint density at radius 2 is 1.85 bits per heavy atom. The first-order valence-electron chi connectivity index (χ1n) is 7.48. The Bertz CT molecular complexity index is 854. The molecule has 0 saturated heterocycles. The third-order valence-corrected chi connectivity index (χ3v) is 3.98. The summed E-state index contributed by atoms with van der Waals surface area (Å²) in [6.07, 6.45) is 0.114. The summed E-state index contributed by atoms with van der Waals surface area (Å²) in [4.78, 5) is 25.8. The van der Waals surface area contributed by atoms with Crippen molar-refractivity contribution in [2.75, 3.05) is 18.1 Å². The number of esters is 1. The lowest BCUT2D eigenvalue weighted by Crippen LogP contribution is -2.35. The number of anilines is 1. The van der Waals surface area contributed by atoms with Crippen molar-refractivity contribution in [1.82, 2.24) is 0 Å². The molecule has 0 N–H and O–H groups in total. The highest BCUT2D eigenvalue weighted by molar-refractivity contribution is 6.36. The van der Waals surface area contributed by atoms with Gasteiger partial charge in [0.15, 0.2) is 6.61 Å². The molecular formula is C18H13Cl2FN2O3. The molecule has 2 aromatic carbocycles. The monoisotopic (exact) mass is 394 g/mol. The first-order valence-corrected chi connectivity index (χ1v) is 8.23. The number of carbonyl (C=O) groups is 2. The van der Waals surface area contributed by atoms with Gasteiger partial charge in [0.25, 0.3) is 5.91 Å². The molecule has 0 aromatic heterocycles. The number of ether oxygens (including phenoxy) is 1. The van der Waals surface area contributed by atoms with Crippen molar-refractivity contribution in [3.8, 4) is 6.07 Å². The lowest BCUT2D eigenvalue weighted by Gasteiger charge is -2.21. The molecular weight excluding hydrogens is 382 g/mol. The van der Waals surface area contributed by atoms with Crippen LogP contribution in [0.25, 0.3) is 0 Å². The quantitative estimate of drug-likeness (QED) is 0.542. The molecule has 8 heteroatoms. The van der Waals surface area contributed by atoms with Crippen LogP contribution >= 0.6 is 23.2 Å². The first-order chi connectivity index (χ1) is 12.4. The highest BCUT2D eigenvalue weighted by Crippen LogP contribution is 2.25. The summed E-state index contributed by atoms with van der Waals surface area (Å²) in [5.74, 6) is -2.30. The van der Waals surface area contributed by atoms with Crippen LogP contribution in [-0.4, -0.2) is 25.0 Å². The van der Waals surface area contributed by atoms with Gasteiger partial charge in [0.05, 0.1) is 28.1 Å². The fourth-order valence-electron chi connectivity index (χ4n) is 2.13. The maximum Gasteiger partial charge on any atom is 0.340 e. The van der Waals surface area contributed by atoms with Crippen LogP contribution in [0, 0.1) is 17.1 Å². The average molecular weight is 395 g/mol. The van der Waals surface area contributed by atoms with Crippen LogP contribution in [0.5, 0.6) is 0 Å². The van der Waals surface area contributed by atoms with Crippen molar-refractivity contribution < 1.29 is 18.7 Å². The molecule has 2 aromatic rings. The minimum absolute atomic E-state index is 0.0850. The van der Waals surface area contributed by atoms with Crippen LogP contribution in [0.3, 0.4) is 0 Å². The summed E-state index contributed by atoms with van der Waals surface area (Å²) in [5, 5.41) is 8.44. The lowest BCUT2D eigenvalue weighted by molar-refractivity contribution is -0.121. The molecule has 0 atom stereocenters. The van der Waals surface area contributed by atoms with Crippen molar-refractivity contribution in [3.05, 3.63) is 63.9 Å². The van der Waals surface area contributed by atoms with Crippen molar-refractivity contribution in [3.63, 3.8) is 0 Å². The van der Waals surface area contributed by atoms with Crippen LogP contribution in [0.4, 0.5) is 10.1 Å². The van der Waals surface area contributed by atoms with Crippen molar-refractivity contribution in [2.24, 2.45) is 0 Å². The summed E-state index contributed by atoms with van der Waals surface area (Å²) in [7, 11) is 0. The zero-order valence-corrected chi connectivity index (χ0v) is 14.9. The van der Waals surface area contributed by atoms with Crippen LogP contribution < -0.4 is 4.90 Å². The molecule has 0 spiro atoms. The zero-order valence-electron chi connectivity index (χ0n) is 13.4. The van der Waals surface area contributed by atoms with E-state index >= 15 is 0 Å². The molecule has 0 fully saturated rings. The summed E-state index contributed by atoms with van der Waals surface area (Å²) in [5.41, 5.74) is 0.337. The molecule has 0 aliphatic heterocycles. The standard InChI is InChI=1S/C18H13Cl2FN2O3/c19-14-10-15(20)16(21)9-13(14)18(25)26-11-17(24)23(8-4-7-22)12-5-2-1-3-6-12/h1-3,5-6,9-10H,4,8,11H2. The van der Waals surface area contributed by atoms with Gasteiger partial charge < -0.3 is 9.64 Å². The minimum Gasteiger partial charge on any atom is -0.452 e. The molecule has 1 amide bonds. The van der Waals surface area contributed by atoms with Crippen LogP contribution in [0.15, 0.2) is 42.5 Å². The zero-order chi connectivity index (χ0) is 19.1. The highest BCUT2D eigenvalue weighted by Gasteiger charge is 2.20. The van der Waals surface area contributed by atoms with Crippen molar-refractivity contribution in [2.45, 2.75) is 6.42 Å². The molecule has 0 saturated carbocycles. The summed E-state index contributed by atoms with van der Waals surface area (Å²) < 4.78 is 18.4. The molecule has 0 bridgehead atoms. The topological polar surface area (TPSA) is 70.4 Å². The van der Waals surface area contributed by atoms with E-state index < -0.39 is 24.3 Å². The van der Waals surface area contributed by atoms with E-state index in [-0.39, 0.29) is 28.6 Å². The van der Waals surface area contributed by atoms with Gasteiger partial charge in [0.2, 0.25) is 0 Å². The van der Waals surface area contributed by atoms with Crippen LogP contribution in [0.2, 0.25) is 10.0 Å². The first kappa shape index (κ1) is 19.7. The summed E-state index contributed by atoms with van der Waals surface area (Å²) in [6.45, 7) is -0.438. The molecule has 2 rings (SSSR count). The van der Waals surface area contributed by atoms with Crippen molar-refractivity contribution >= 4 is 40.8 Å². The van der Waals surface area contributed by atoms with Gasteiger partial charge in [-0.15, -0.1) is 0 Å². The fourth-order valence-corrected chi connectivity index (χ4v) is 2.59. The fraction of sp³-hybridized carbons (Fsp3) is 0.167. The predicted molar refractivity (Wildman–Crippen MR) is 95.7 cm³/mol. The maximum absolute atomic E-state index is 13.5. The SMILES string of the molecule is N#CCCN(C(=O)COC(=O)c1cc(F)c(Cl)cc1Cl)c1ccccc1. The largest absolute Gasteiger partial charge is 0.452 e. The molecule has 5 nitrogen and oxygen atoms in total. The number of amides is 1. The number of hydrogen-bond acceptors (Lipinski definition) is 4. The van der Waals surface area contributed by atoms with Crippen LogP contribution in [0.1, 0.15) is 16.8 Å². The van der Waals surface area contributed by atoms with E-state index in [4.69, 9.17) is 33.2 Å². The minimum atomic E-state index is -0.952. The maximum atomic E-state index is 13.5. The Labute approximate surface area is 159 Å². The lowest BCUT2D eigenvalue weighted by atomic mass is 10.2. The Balaban J connectivity index is 2.09. The molecule has 26 heavy (non-hydrogen) atoms. The van der Waals surface area contributed by atoms with E-state index in [2.05, 4.69) is 0 Å². The van der Waals surface area contributed by atoms with Gasteiger partial charge in [0.1, 0.15) is 5.82 Å². The van der Waals surface area contributed by atoms with Gasteiger partial charge in [-0.3, -0.25) is 4.79 Å². The molecule has 0 aliphatic carbocycles.